The molecule has 3 heterocycles. The van der Waals surface area contributed by atoms with Crippen LogP contribution < -0.4 is 9.64 Å². The molecule has 1 saturated heterocycles. The van der Waals surface area contributed by atoms with E-state index >= 15 is 0 Å². The Labute approximate surface area is 194 Å². The number of likely N-dealkylation sites (tertiary alicyclic amines) is 1. The molecule has 7 nitrogen and oxygen atoms in total. The maximum Gasteiger partial charge on any atom is 0.416 e. The zero-order valence-corrected chi connectivity index (χ0v) is 18.3. The number of amides is 1. The van der Waals surface area contributed by atoms with Gasteiger partial charge in [-0.1, -0.05) is 29.4 Å². The van der Waals surface area contributed by atoms with Crippen LogP contribution >= 0.6 is 0 Å². The predicted molar refractivity (Wildman–Crippen MR) is 117 cm³/mol. The Hall–Kier alpha value is -3.56. The topological polar surface area (TPSA) is 71.7 Å². The molecule has 34 heavy (non-hydrogen) atoms. The van der Waals surface area contributed by atoms with Gasteiger partial charge in [-0.2, -0.15) is 18.2 Å². The number of halogens is 3. The molecule has 0 bridgehead atoms. The smallest absolute Gasteiger partial charge is 0.416 e. The second-order valence-corrected chi connectivity index (χ2v) is 8.43. The van der Waals surface area contributed by atoms with Crippen LogP contribution in [0.15, 0.2) is 53.1 Å². The van der Waals surface area contributed by atoms with Gasteiger partial charge in [-0.3, -0.25) is 4.79 Å². The Morgan fingerprint density at radius 2 is 1.85 bits per heavy atom. The molecule has 3 aromatic rings. The number of nitrogens with zero attached hydrogens (tertiary/aromatic N) is 4. The normalized spacial score (nSPS) is 18.4. The number of alkyl halides is 3. The van der Waals surface area contributed by atoms with Crippen LogP contribution in [0.5, 0.6) is 5.75 Å². The molecule has 0 aliphatic carbocycles. The van der Waals surface area contributed by atoms with Gasteiger partial charge in [0.2, 0.25) is 11.7 Å². The van der Waals surface area contributed by atoms with E-state index in [1.807, 2.05) is 28.0 Å². The lowest BCUT2D eigenvalue weighted by Crippen LogP contribution is -2.51. The van der Waals surface area contributed by atoms with Crippen molar-refractivity contribution in [3.8, 4) is 17.1 Å². The zero-order valence-electron chi connectivity index (χ0n) is 18.3. The molecule has 10 heteroatoms. The lowest BCUT2D eigenvalue weighted by atomic mass is 10.1. The van der Waals surface area contributed by atoms with E-state index in [4.69, 9.17) is 9.26 Å². The van der Waals surface area contributed by atoms with Crippen LogP contribution in [-0.4, -0.2) is 46.7 Å². The molecule has 0 radical (unpaired) electrons. The lowest BCUT2D eigenvalue weighted by Gasteiger charge is -2.37. The summed E-state index contributed by atoms with van der Waals surface area (Å²) < 4.78 is 50.6. The summed E-state index contributed by atoms with van der Waals surface area (Å²) in [7, 11) is 0. The van der Waals surface area contributed by atoms with E-state index in [1.165, 1.54) is 12.1 Å². The van der Waals surface area contributed by atoms with Gasteiger partial charge in [-0.25, -0.2) is 0 Å². The van der Waals surface area contributed by atoms with E-state index in [2.05, 4.69) is 10.1 Å². The summed E-state index contributed by atoms with van der Waals surface area (Å²) in [6.45, 7) is 1.94. The molecule has 0 saturated carbocycles. The number of para-hydroxylation sites is 2. The first kappa shape index (κ1) is 22.2. The van der Waals surface area contributed by atoms with E-state index < -0.39 is 17.8 Å². The Balaban J connectivity index is 1.36. The molecule has 1 amide bonds. The largest absolute Gasteiger partial charge is 0.477 e. The number of aromatic nitrogens is 2. The number of anilines is 1. The summed E-state index contributed by atoms with van der Waals surface area (Å²) in [5.41, 5.74) is 0.215. The van der Waals surface area contributed by atoms with Gasteiger partial charge in [0.25, 0.3) is 5.91 Å². The average Bonchev–Trinajstić information content (AvgIpc) is 3.32. The van der Waals surface area contributed by atoms with Crippen molar-refractivity contribution < 1.29 is 27.2 Å². The maximum absolute atomic E-state index is 13.1. The van der Waals surface area contributed by atoms with Crippen LogP contribution in [0.2, 0.25) is 0 Å². The molecule has 1 atom stereocenters. The minimum absolute atomic E-state index is 0.0469. The van der Waals surface area contributed by atoms with Crippen LogP contribution in [0.3, 0.4) is 0 Å². The van der Waals surface area contributed by atoms with Crippen molar-refractivity contribution in [2.45, 2.75) is 38.1 Å². The Morgan fingerprint density at radius 3 is 2.65 bits per heavy atom. The number of piperidine rings is 1. The summed E-state index contributed by atoms with van der Waals surface area (Å²) in [5, 5.41) is 3.87. The van der Waals surface area contributed by atoms with Gasteiger partial charge in [0.1, 0.15) is 5.75 Å². The molecule has 0 spiro atoms. The van der Waals surface area contributed by atoms with E-state index in [-0.39, 0.29) is 29.7 Å². The first-order valence-corrected chi connectivity index (χ1v) is 11.2. The molecule has 1 unspecified atom stereocenters. The Kier molecular flexibility index (Phi) is 5.89. The van der Waals surface area contributed by atoms with Crippen molar-refractivity contribution in [1.82, 2.24) is 15.0 Å². The molecule has 1 fully saturated rings. The van der Waals surface area contributed by atoms with Gasteiger partial charge in [-0.15, -0.1) is 0 Å². The lowest BCUT2D eigenvalue weighted by molar-refractivity contribution is -0.139. The van der Waals surface area contributed by atoms with Crippen LogP contribution in [0, 0.1) is 0 Å². The van der Waals surface area contributed by atoms with Crippen molar-refractivity contribution in [2.24, 2.45) is 0 Å². The number of ether oxygens (including phenoxy) is 1. The van der Waals surface area contributed by atoms with Crippen LogP contribution in [0.1, 0.15) is 30.7 Å². The molecular weight excluding hydrogens is 449 g/mol. The summed E-state index contributed by atoms with van der Waals surface area (Å²) in [6.07, 6.45) is -2.04. The second-order valence-electron chi connectivity index (χ2n) is 8.43. The average molecular weight is 472 g/mol. The third-order valence-electron chi connectivity index (χ3n) is 6.05. The van der Waals surface area contributed by atoms with E-state index in [9.17, 15) is 18.0 Å². The molecular formula is C24H23F3N4O3. The third kappa shape index (κ3) is 4.57. The van der Waals surface area contributed by atoms with Crippen molar-refractivity contribution in [1.29, 1.82) is 0 Å². The fourth-order valence-corrected chi connectivity index (χ4v) is 4.34. The molecule has 5 rings (SSSR count). The summed E-state index contributed by atoms with van der Waals surface area (Å²) >= 11 is 0. The Bertz CT molecular complexity index is 1170. The molecule has 0 N–H and O–H groups in total. The van der Waals surface area contributed by atoms with E-state index in [0.29, 0.717) is 12.3 Å². The number of rotatable bonds is 4. The van der Waals surface area contributed by atoms with Gasteiger partial charge >= 0.3 is 6.18 Å². The quantitative estimate of drug-likeness (QED) is 0.556. The first-order valence-electron chi connectivity index (χ1n) is 11.2. The number of carbonyl (C=O) groups excluding carboxylic acids is 1. The molecule has 2 aromatic carbocycles. The Morgan fingerprint density at radius 1 is 1.06 bits per heavy atom. The zero-order chi connectivity index (χ0) is 23.7. The number of carbonyl (C=O) groups is 1. The summed E-state index contributed by atoms with van der Waals surface area (Å²) in [4.78, 5) is 21.2. The van der Waals surface area contributed by atoms with Crippen molar-refractivity contribution >= 4 is 11.6 Å². The highest BCUT2D eigenvalue weighted by Gasteiger charge is 2.35. The van der Waals surface area contributed by atoms with Gasteiger partial charge in [0.05, 0.1) is 24.3 Å². The standard InChI is InChI=1S/C24H23F3N4O3/c25-24(26,27)17-8-6-7-16(13-17)22-28-21(34-29-22)15-31-14-20(23(32)30-11-4-1-5-12-30)33-19-10-3-2-9-18(19)31/h2-3,6-10,13,20H,1,4-5,11-12,14-15H2. The van der Waals surface area contributed by atoms with Crippen LogP contribution in [0.25, 0.3) is 11.4 Å². The van der Waals surface area contributed by atoms with Gasteiger partial charge in [0.15, 0.2) is 6.10 Å². The highest BCUT2D eigenvalue weighted by Crippen LogP contribution is 2.35. The molecule has 178 valence electrons. The van der Waals surface area contributed by atoms with Crippen LogP contribution in [-0.2, 0) is 17.5 Å². The van der Waals surface area contributed by atoms with E-state index in [0.717, 1.165) is 50.2 Å². The van der Waals surface area contributed by atoms with Crippen molar-refractivity contribution in [2.75, 3.05) is 24.5 Å². The highest BCUT2D eigenvalue weighted by molar-refractivity contribution is 5.83. The highest BCUT2D eigenvalue weighted by atomic mass is 19.4. The maximum atomic E-state index is 13.1. The molecule has 2 aliphatic rings. The SMILES string of the molecule is O=C(C1CN(Cc2nc(-c3cccc(C(F)(F)F)c3)no2)c2ccccc2O1)N1CCCCC1. The monoisotopic (exact) mass is 472 g/mol. The summed E-state index contributed by atoms with van der Waals surface area (Å²) in [5.74, 6) is 0.841. The van der Waals surface area contributed by atoms with Gasteiger partial charge in [-0.05, 0) is 43.5 Å². The molecule has 2 aliphatic heterocycles. The van der Waals surface area contributed by atoms with E-state index in [1.54, 1.807) is 6.07 Å². The third-order valence-corrected chi connectivity index (χ3v) is 6.05. The second kappa shape index (κ2) is 9.00. The van der Waals surface area contributed by atoms with Crippen LogP contribution in [0.4, 0.5) is 18.9 Å². The minimum atomic E-state index is -4.46. The number of fused-ring (bicyclic) bond motifs is 1. The fraction of sp³-hybridized carbons (Fsp3) is 0.375. The predicted octanol–water partition coefficient (Wildman–Crippen LogP) is 4.54. The number of hydrogen-bond donors (Lipinski definition) is 0. The minimum Gasteiger partial charge on any atom is -0.477 e. The number of benzene rings is 2. The van der Waals surface area contributed by atoms with Gasteiger partial charge in [0, 0.05) is 18.7 Å². The first-order chi connectivity index (χ1) is 16.4. The fourth-order valence-electron chi connectivity index (χ4n) is 4.34. The van der Waals surface area contributed by atoms with Crippen molar-refractivity contribution in [3.05, 3.63) is 60.0 Å². The molecule has 1 aromatic heterocycles. The van der Waals surface area contributed by atoms with Gasteiger partial charge < -0.3 is 19.1 Å². The number of hydrogen-bond acceptors (Lipinski definition) is 6. The summed E-state index contributed by atoms with van der Waals surface area (Å²) in [6, 6.07) is 12.2. The van der Waals surface area contributed by atoms with Crippen molar-refractivity contribution in [3.63, 3.8) is 0 Å².